The van der Waals surface area contributed by atoms with Crippen molar-refractivity contribution in [3.63, 3.8) is 0 Å². The second-order valence-electron chi connectivity index (χ2n) is 4.89. The van der Waals surface area contributed by atoms with E-state index in [9.17, 15) is 9.59 Å². The van der Waals surface area contributed by atoms with Crippen molar-refractivity contribution in [3.8, 4) is 0 Å². The van der Waals surface area contributed by atoms with E-state index in [-0.39, 0.29) is 11.5 Å². The summed E-state index contributed by atoms with van der Waals surface area (Å²) in [7, 11) is 0. The van der Waals surface area contributed by atoms with Gasteiger partial charge in [0.05, 0.1) is 16.6 Å². The molecule has 2 aromatic heterocycles. The number of amides is 1. The summed E-state index contributed by atoms with van der Waals surface area (Å²) in [5, 5.41) is 3.84. The molecule has 7 heteroatoms. The molecule has 0 aliphatic heterocycles. The average molecular weight is 334 g/mol. The van der Waals surface area contributed by atoms with E-state index >= 15 is 0 Å². The normalized spacial score (nSPS) is 10.9. The highest BCUT2D eigenvalue weighted by Crippen LogP contribution is 2.28. The quantitative estimate of drug-likeness (QED) is 0.753. The van der Waals surface area contributed by atoms with Gasteiger partial charge in [-0.15, -0.1) is 11.3 Å². The van der Waals surface area contributed by atoms with E-state index in [1.54, 1.807) is 19.1 Å². The van der Waals surface area contributed by atoms with Gasteiger partial charge in [0.1, 0.15) is 4.83 Å². The molecule has 2 heterocycles. The second-order valence-corrected chi connectivity index (χ2v) is 6.29. The fourth-order valence-corrected chi connectivity index (χ4v) is 3.38. The van der Waals surface area contributed by atoms with Gasteiger partial charge in [0.2, 0.25) is 0 Å². The molecule has 0 spiro atoms. The molecule has 112 valence electrons. The number of carbonyl (C=O) groups is 1. The Bertz CT molecular complexity index is 946. The highest BCUT2D eigenvalue weighted by molar-refractivity contribution is 7.20. The molecule has 3 rings (SSSR count). The summed E-state index contributed by atoms with van der Waals surface area (Å²) < 4.78 is 0. The van der Waals surface area contributed by atoms with Crippen LogP contribution in [0, 0.1) is 13.8 Å². The number of carbonyl (C=O) groups excluding carboxylic acids is 1. The molecule has 5 nitrogen and oxygen atoms in total. The number of thiophene rings is 1. The Morgan fingerprint density at radius 3 is 2.82 bits per heavy atom. The van der Waals surface area contributed by atoms with Crippen molar-refractivity contribution < 1.29 is 4.79 Å². The standard InChI is InChI=1S/C15H12ClN3O2S/c1-7-3-4-9(5-10(7)16)19-14(21)12-8(2)11-13(20)17-6-18-15(11)22-12/h3-6H,1-2H3,(H,19,21)(H,17,18,20). The first-order valence-corrected chi connectivity index (χ1v) is 7.71. The van der Waals surface area contributed by atoms with Gasteiger partial charge < -0.3 is 10.3 Å². The third kappa shape index (κ3) is 2.51. The molecule has 0 radical (unpaired) electrons. The number of aryl methyl sites for hydroxylation is 2. The average Bonchev–Trinajstić information content (AvgIpc) is 2.81. The minimum atomic E-state index is -0.278. The van der Waals surface area contributed by atoms with E-state index in [4.69, 9.17) is 11.6 Å². The lowest BCUT2D eigenvalue weighted by Crippen LogP contribution is -2.12. The molecule has 0 saturated heterocycles. The number of nitrogens with zero attached hydrogens (tertiary/aromatic N) is 1. The minimum absolute atomic E-state index is 0.240. The van der Waals surface area contributed by atoms with E-state index in [0.717, 1.165) is 5.56 Å². The maximum atomic E-state index is 12.4. The van der Waals surface area contributed by atoms with Crippen LogP contribution in [0.3, 0.4) is 0 Å². The largest absolute Gasteiger partial charge is 0.321 e. The lowest BCUT2D eigenvalue weighted by atomic mass is 10.2. The van der Waals surface area contributed by atoms with Crippen LogP contribution in [0.25, 0.3) is 10.2 Å². The van der Waals surface area contributed by atoms with E-state index in [1.807, 2.05) is 13.0 Å². The Labute approximate surface area is 135 Å². The van der Waals surface area contributed by atoms with E-state index in [2.05, 4.69) is 15.3 Å². The Morgan fingerprint density at radius 2 is 2.14 bits per heavy atom. The van der Waals surface area contributed by atoms with Crippen molar-refractivity contribution in [1.82, 2.24) is 9.97 Å². The van der Waals surface area contributed by atoms with Gasteiger partial charge >= 0.3 is 0 Å². The predicted molar refractivity (Wildman–Crippen MR) is 89.1 cm³/mol. The van der Waals surface area contributed by atoms with Crippen molar-refractivity contribution >= 4 is 44.7 Å². The van der Waals surface area contributed by atoms with Crippen molar-refractivity contribution in [2.75, 3.05) is 5.32 Å². The third-order valence-electron chi connectivity index (χ3n) is 3.37. The first-order valence-electron chi connectivity index (χ1n) is 6.51. The van der Waals surface area contributed by atoms with E-state index in [0.29, 0.717) is 31.4 Å². The number of nitrogens with one attached hydrogen (secondary N) is 2. The van der Waals surface area contributed by atoms with Crippen LogP contribution >= 0.6 is 22.9 Å². The van der Waals surface area contributed by atoms with Gasteiger partial charge in [-0.2, -0.15) is 0 Å². The van der Waals surface area contributed by atoms with Crippen LogP contribution in [-0.4, -0.2) is 15.9 Å². The number of H-pyrrole nitrogens is 1. The molecule has 22 heavy (non-hydrogen) atoms. The Hall–Kier alpha value is -2.18. The number of benzene rings is 1. The molecule has 0 aliphatic carbocycles. The van der Waals surface area contributed by atoms with Gasteiger partial charge in [-0.3, -0.25) is 9.59 Å². The molecule has 0 atom stereocenters. The summed E-state index contributed by atoms with van der Waals surface area (Å²) in [6.45, 7) is 3.63. The van der Waals surface area contributed by atoms with Crippen molar-refractivity contribution in [3.05, 3.63) is 55.9 Å². The zero-order valence-electron chi connectivity index (χ0n) is 11.9. The number of fused-ring (bicyclic) bond motifs is 1. The monoisotopic (exact) mass is 333 g/mol. The molecule has 2 N–H and O–H groups in total. The van der Waals surface area contributed by atoms with Gasteiger partial charge in [0, 0.05) is 10.7 Å². The molecule has 0 fully saturated rings. The lowest BCUT2D eigenvalue weighted by molar-refractivity contribution is 0.103. The number of rotatable bonds is 2. The van der Waals surface area contributed by atoms with Crippen LogP contribution in [0.4, 0.5) is 5.69 Å². The molecule has 1 aromatic carbocycles. The van der Waals surface area contributed by atoms with Gasteiger partial charge in [0.25, 0.3) is 11.5 Å². The Kier molecular flexibility index (Phi) is 3.72. The summed E-state index contributed by atoms with van der Waals surface area (Å²) in [6, 6.07) is 5.32. The maximum absolute atomic E-state index is 12.4. The van der Waals surface area contributed by atoms with Crippen LogP contribution in [0.1, 0.15) is 20.8 Å². The van der Waals surface area contributed by atoms with E-state index in [1.165, 1.54) is 17.7 Å². The fourth-order valence-electron chi connectivity index (χ4n) is 2.15. The highest BCUT2D eigenvalue weighted by atomic mass is 35.5. The lowest BCUT2D eigenvalue weighted by Gasteiger charge is -2.06. The Morgan fingerprint density at radius 1 is 1.36 bits per heavy atom. The summed E-state index contributed by atoms with van der Waals surface area (Å²) in [6.07, 6.45) is 1.34. The van der Waals surface area contributed by atoms with Gasteiger partial charge in [0.15, 0.2) is 0 Å². The number of aromatic amines is 1. The topological polar surface area (TPSA) is 74.8 Å². The van der Waals surface area contributed by atoms with Crippen LogP contribution in [0.2, 0.25) is 5.02 Å². The minimum Gasteiger partial charge on any atom is -0.321 e. The highest BCUT2D eigenvalue weighted by Gasteiger charge is 2.18. The van der Waals surface area contributed by atoms with Crippen molar-refractivity contribution in [2.24, 2.45) is 0 Å². The summed E-state index contributed by atoms with van der Waals surface area (Å²) >= 11 is 7.25. The number of anilines is 1. The number of hydrogen-bond donors (Lipinski definition) is 2. The number of hydrogen-bond acceptors (Lipinski definition) is 4. The van der Waals surface area contributed by atoms with Crippen LogP contribution < -0.4 is 10.9 Å². The van der Waals surface area contributed by atoms with Crippen molar-refractivity contribution in [1.29, 1.82) is 0 Å². The first kappa shape index (κ1) is 14.7. The van der Waals surface area contributed by atoms with E-state index < -0.39 is 0 Å². The SMILES string of the molecule is Cc1ccc(NC(=O)c2sc3nc[nH]c(=O)c3c2C)cc1Cl. The molecule has 1 amide bonds. The van der Waals surface area contributed by atoms with Gasteiger partial charge in [-0.1, -0.05) is 17.7 Å². The zero-order valence-corrected chi connectivity index (χ0v) is 13.4. The molecule has 0 aliphatic rings. The second kappa shape index (κ2) is 5.55. The predicted octanol–water partition coefficient (Wildman–Crippen LogP) is 3.51. The number of halogens is 1. The molecular weight excluding hydrogens is 322 g/mol. The van der Waals surface area contributed by atoms with Crippen molar-refractivity contribution in [2.45, 2.75) is 13.8 Å². The Balaban J connectivity index is 1.99. The summed E-state index contributed by atoms with van der Waals surface area (Å²) in [5.74, 6) is -0.278. The smallest absolute Gasteiger partial charge is 0.266 e. The van der Waals surface area contributed by atoms with Gasteiger partial charge in [-0.25, -0.2) is 4.98 Å². The molecule has 0 bridgehead atoms. The summed E-state index contributed by atoms with van der Waals surface area (Å²) in [4.78, 5) is 31.9. The van der Waals surface area contributed by atoms with Crippen LogP contribution in [0.15, 0.2) is 29.3 Å². The maximum Gasteiger partial charge on any atom is 0.266 e. The molecular formula is C15H12ClN3O2S. The zero-order chi connectivity index (χ0) is 15.9. The molecule has 3 aromatic rings. The number of aromatic nitrogens is 2. The molecule has 0 saturated carbocycles. The first-order chi connectivity index (χ1) is 10.5. The third-order valence-corrected chi connectivity index (χ3v) is 4.97. The summed E-state index contributed by atoms with van der Waals surface area (Å²) in [5.41, 5.74) is 1.94. The van der Waals surface area contributed by atoms with Gasteiger partial charge in [-0.05, 0) is 37.1 Å². The molecule has 0 unspecified atom stereocenters. The van der Waals surface area contributed by atoms with Crippen LogP contribution in [0.5, 0.6) is 0 Å². The fraction of sp³-hybridized carbons (Fsp3) is 0.133. The van der Waals surface area contributed by atoms with Crippen LogP contribution in [-0.2, 0) is 0 Å².